The van der Waals surface area contributed by atoms with E-state index in [-0.39, 0.29) is 24.0 Å². The number of carbonyl (C=O) groups excluding carboxylic acids is 1. The van der Waals surface area contributed by atoms with Gasteiger partial charge in [0.2, 0.25) is 0 Å². The Balaban J connectivity index is 1.48. The Morgan fingerprint density at radius 3 is 2.56 bits per heavy atom. The summed E-state index contributed by atoms with van der Waals surface area (Å²) in [6, 6.07) is 14.2. The third kappa shape index (κ3) is 5.38. The Morgan fingerprint density at radius 2 is 1.89 bits per heavy atom. The van der Waals surface area contributed by atoms with Crippen molar-refractivity contribution >= 4 is 34.8 Å². The summed E-state index contributed by atoms with van der Waals surface area (Å²) in [6.45, 7) is 2.16. The van der Waals surface area contributed by atoms with Crippen LogP contribution in [0.1, 0.15) is 11.3 Å². The average Bonchev–Trinajstić information content (AvgIpc) is 3.14. The number of thioether (sulfide) groups is 1. The molecule has 3 aromatic rings. The molecule has 0 unspecified atom stereocenters. The maximum absolute atomic E-state index is 11.9. The van der Waals surface area contributed by atoms with Gasteiger partial charge in [-0.05, 0) is 19.1 Å². The summed E-state index contributed by atoms with van der Waals surface area (Å²) in [7, 11) is 0. The van der Waals surface area contributed by atoms with Crippen LogP contribution in [0.5, 0.6) is 0 Å². The number of ether oxygens (including phenoxy) is 1. The number of carbonyl (C=O) groups is 1. The van der Waals surface area contributed by atoms with Gasteiger partial charge in [0.15, 0.2) is 0 Å². The van der Waals surface area contributed by atoms with Crippen LogP contribution in [-0.4, -0.2) is 21.6 Å². The Morgan fingerprint density at radius 1 is 1.19 bits per heavy atom. The number of nitro benzene ring substituents is 1. The van der Waals surface area contributed by atoms with E-state index < -0.39 is 4.92 Å². The van der Waals surface area contributed by atoms with Crippen molar-refractivity contribution in [1.82, 2.24) is 4.98 Å². The maximum Gasteiger partial charge on any atom is 0.316 e. The quantitative estimate of drug-likeness (QED) is 0.244. The van der Waals surface area contributed by atoms with Gasteiger partial charge in [-0.15, -0.1) is 23.1 Å². The number of hydrogen-bond acceptors (Lipinski definition) is 7. The summed E-state index contributed by atoms with van der Waals surface area (Å²) >= 11 is 2.78. The molecular weight excluding hydrogens is 384 g/mol. The minimum absolute atomic E-state index is 0.0230. The molecule has 0 aliphatic heterocycles. The highest BCUT2D eigenvalue weighted by molar-refractivity contribution is 8.00. The number of nitrogens with zero attached hydrogens (tertiary/aromatic N) is 2. The van der Waals surface area contributed by atoms with Crippen LogP contribution < -0.4 is 0 Å². The Hall–Kier alpha value is -2.71. The van der Waals surface area contributed by atoms with Crippen molar-refractivity contribution in [2.45, 2.75) is 18.4 Å². The first-order chi connectivity index (χ1) is 13.0. The number of non-ortho nitro benzene ring substituents is 1. The van der Waals surface area contributed by atoms with Crippen molar-refractivity contribution in [2.75, 3.05) is 5.75 Å². The van der Waals surface area contributed by atoms with E-state index in [0.29, 0.717) is 5.69 Å². The number of nitro groups is 1. The third-order valence-electron chi connectivity index (χ3n) is 3.64. The van der Waals surface area contributed by atoms with Crippen molar-refractivity contribution < 1.29 is 14.5 Å². The zero-order chi connectivity index (χ0) is 19.2. The predicted octanol–water partition coefficient (Wildman–Crippen LogP) is 4.86. The van der Waals surface area contributed by atoms with Gasteiger partial charge in [0.1, 0.15) is 11.6 Å². The molecule has 0 bridgehead atoms. The molecule has 3 rings (SSSR count). The number of esters is 1. The molecule has 8 heteroatoms. The van der Waals surface area contributed by atoms with Gasteiger partial charge in [0.25, 0.3) is 5.69 Å². The molecule has 27 heavy (non-hydrogen) atoms. The van der Waals surface area contributed by atoms with Gasteiger partial charge in [-0.2, -0.15) is 0 Å². The molecular formula is C19H16N2O4S2. The van der Waals surface area contributed by atoms with Crippen molar-refractivity contribution in [3.8, 4) is 10.6 Å². The Bertz CT molecular complexity index is 937. The monoisotopic (exact) mass is 400 g/mol. The SMILES string of the molecule is Cc1ccc(-c2nc(COC(=O)CSc3ccc([N+](=O)[O-])cc3)cs2)cc1. The molecule has 0 saturated carbocycles. The first-order valence-corrected chi connectivity index (χ1v) is 9.92. The largest absolute Gasteiger partial charge is 0.459 e. The highest BCUT2D eigenvalue weighted by Crippen LogP contribution is 2.25. The van der Waals surface area contributed by atoms with E-state index in [0.717, 1.165) is 15.5 Å². The van der Waals surface area contributed by atoms with E-state index >= 15 is 0 Å². The van der Waals surface area contributed by atoms with Crippen LogP contribution in [0, 0.1) is 17.0 Å². The molecule has 0 aliphatic rings. The smallest absolute Gasteiger partial charge is 0.316 e. The molecule has 2 aromatic carbocycles. The van der Waals surface area contributed by atoms with Crippen LogP contribution in [0.25, 0.3) is 10.6 Å². The molecule has 1 heterocycles. The Labute approximate surface area is 164 Å². The van der Waals surface area contributed by atoms with Gasteiger partial charge < -0.3 is 4.74 Å². The summed E-state index contributed by atoms with van der Waals surface area (Å²) in [5, 5.41) is 13.4. The normalized spacial score (nSPS) is 10.6. The van der Waals surface area contributed by atoms with Gasteiger partial charge in [-0.3, -0.25) is 14.9 Å². The summed E-state index contributed by atoms with van der Waals surface area (Å²) in [5.41, 5.74) is 2.96. The van der Waals surface area contributed by atoms with E-state index in [1.807, 2.05) is 36.6 Å². The molecule has 0 aliphatic carbocycles. The molecule has 0 spiro atoms. The highest BCUT2D eigenvalue weighted by atomic mass is 32.2. The summed E-state index contributed by atoms with van der Waals surface area (Å²) in [6.07, 6.45) is 0. The van der Waals surface area contributed by atoms with Gasteiger partial charge in [0, 0.05) is 28.0 Å². The number of thiazole rings is 1. The van der Waals surface area contributed by atoms with E-state index in [1.165, 1.54) is 40.8 Å². The maximum atomic E-state index is 11.9. The third-order valence-corrected chi connectivity index (χ3v) is 5.56. The fraction of sp³-hybridized carbons (Fsp3) is 0.158. The first-order valence-electron chi connectivity index (χ1n) is 8.05. The van der Waals surface area contributed by atoms with Gasteiger partial charge in [-0.25, -0.2) is 4.98 Å². The Kier molecular flexibility index (Phi) is 6.20. The van der Waals surface area contributed by atoms with E-state index in [4.69, 9.17) is 4.74 Å². The lowest BCUT2D eigenvalue weighted by Crippen LogP contribution is -2.07. The molecule has 138 valence electrons. The average molecular weight is 400 g/mol. The molecule has 1 aromatic heterocycles. The van der Waals surface area contributed by atoms with Crippen molar-refractivity contribution in [3.05, 3.63) is 75.3 Å². The zero-order valence-corrected chi connectivity index (χ0v) is 16.1. The second kappa shape index (κ2) is 8.79. The van der Waals surface area contributed by atoms with Crippen molar-refractivity contribution in [1.29, 1.82) is 0 Å². The lowest BCUT2D eigenvalue weighted by Gasteiger charge is -2.03. The van der Waals surface area contributed by atoms with Crippen molar-refractivity contribution in [2.24, 2.45) is 0 Å². The first kappa shape index (κ1) is 19.1. The molecule has 0 N–H and O–H groups in total. The van der Waals surface area contributed by atoms with Crippen LogP contribution in [0.15, 0.2) is 58.8 Å². The minimum atomic E-state index is -0.457. The molecule has 0 amide bonds. The number of aromatic nitrogens is 1. The van der Waals surface area contributed by atoms with Crippen LogP contribution in [0.2, 0.25) is 0 Å². The fourth-order valence-electron chi connectivity index (χ4n) is 2.20. The summed E-state index contributed by atoms with van der Waals surface area (Å²) < 4.78 is 5.26. The van der Waals surface area contributed by atoms with E-state index in [9.17, 15) is 14.9 Å². The lowest BCUT2D eigenvalue weighted by molar-refractivity contribution is -0.384. The number of hydrogen-bond donors (Lipinski definition) is 0. The molecule has 0 fully saturated rings. The van der Waals surface area contributed by atoms with E-state index in [1.54, 1.807) is 12.1 Å². The number of rotatable bonds is 7. The van der Waals surface area contributed by atoms with Gasteiger partial charge >= 0.3 is 5.97 Å². The molecule has 0 radical (unpaired) electrons. The molecule has 0 atom stereocenters. The topological polar surface area (TPSA) is 82.3 Å². The van der Waals surface area contributed by atoms with E-state index in [2.05, 4.69) is 4.98 Å². The van der Waals surface area contributed by atoms with Crippen LogP contribution in [0.3, 0.4) is 0 Å². The lowest BCUT2D eigenvalue weighted by atomic mass is 10.2. The number of aryl methyl sites for hydroxylation is 1. The fourth-order valence-corrected chi connectivity index (χ4v) is 3.71. The van der Waals surface area contributed by atoms with Crippen LogP contribution in [0.4, 0.5) is 5.69 Å². The minimum Gasteiger partial charge on any atom is -0.459 e. The number of benzene rings is 2. The second-order valence-electron chi connectivity index (χ2n) is 5.71. The summed E-state index contributed by atoms with van der Waals surface area (Å²) in [5.74, 6) is -0.226. The predicted molar refractivity (Wildman–Crippen MR) is 106 cm³/mol. The highest BCUT2D eigenvalue weighted by Gasteiger charge is 2.10. The molecule has 6 nitrogen and oxygen atoms in total. The molecule has 0 saturated heterocycles. The van der Waals surface area contributed by atoms with Crippen LogP contribution >= 0.6 is 23.1 Å². The van der Waals surface area contributed by atoms with Crippen molar-refractivity contribution in [3.63, 3.8) is 0 Å². The zero-order valence-electron chi connectivity index (χ0n) is 14.5. The second-order valence-corrected chi connectivity index (χ2v) is 7.62. The summed E-state index contributed by atoms with van der Waals surface area (Å²) in [4.78, 5) is 27.3. The van der Waals surface area contributed by atoms with Crippen LogP contribution in [-0.2, 0) is 16.1 Å². The van der Waals surface area contributed by atoms with Gasteiger partial charge in [0.05, 0.1) is 16.4 Å². The van der Waals surface area contributed by atoms with Gasteiger partial charge in [-0.1, -0.05) is 29.8 Å². The standard InChI is InChI=1S/C19H16N2O4S2/c1-13-2-4-14(5-3-13)19-20-15(11-27-19)10-25-18(22)12-26-17-8-6-16(7-9-17)21(23)24/h2-9,11H,10,12H2,1H3.